The molecule has 2 nitrogen and oxygen atoms in total. The molecule has 1 aromatic carbocycles. The van der Waals surface area contributed by atoms with E-state index in [4.69, 9.17) is 5.26 Å². The van der Waals surface area contributed by atoms with Crippen LogP contribution in [-0.2, 0) is 12.8 Å². The first-order valence-electron chi connectivity index (χ1n) is 6.63. The van der Waals surface area contributed by atoms with E-state index in [2.05, 4.69) is 18.8 Å². The number of phenolic OH excluding ortho intramolecular Hbond substituents is 1. The molecule has 0 aliphatic rings. The van der Waals surface area contributed by atoms with E-state index < -0.39 is 0 Å². The predicted molar refractivity (Wildman–Crippen MR) is 76.3 cm³/mol. The summed E-state index contributed by atoms with van der Waals surface area (Å²) in [7, 11) is 0. The molecule has 18 heavy (non-hydrogen) atoms. The summed E-state index contributed by atoms with van der Waals surface area (Å²) in [5, 5.41) is 19.1. The number of phenols is 1. The molecular weight excluding hydrogens is 289 g/mol. The molecule has 0 fully saturated rings. The molecule has 1 rings (SSSR count). The molecule has 1 N–H and O–H groups in total. The number of nitriles is 1. The minimum atomic E-state index is -0.129. The Bertz CT molecular complexity index is 394. The monoisotopic (exact) mass is 311 g/mol. The molecule has 0 amide bonds. The average molecular weight is 310 g/mol. The molecule has 0 heterocycles. The van der Waals surface area contributed by atoms with E-state index in [1.165, 1.54) is 0 Å². The van der Waals surface area contributed by atoms with E-state index >= 15 is 0 Å². The van der Waals surface area contributed by atoms with Crippen LogP contribution in [0.1, 0.15) is 50.7 Å². The van der Waals surface area contributed by atoms with Gasteiger partial charge in [-0.2, -0.15) is 0 Å². The van der Waals surface area contributed by atoms with E-state index in [1.807, 2.05) is 12.1 Å². The Balaban J connectivity index is 2.99. The van der Waals surface area contributed by atoms with Gasteiger partial charge in [-0.25, -0.2) is 0 Å². The zero-order valence-electron chi connectivity index (χ0n) is 11.2. The van der Waals surface area contributed by atoms with Crippen LogP contribution in [0.3, 0.4) is 0 Å². The SMILES string of the molecule is CCCCc1cc([Se]C#N)cc(CCCC)c1O. The summed E-state index contributed by atoms with van der Waals surface area (Å²) in [6.45, 7) is 4.30. The van der Waals surface area contributed by atoms with Crippen molar-refractivity contribution in [3.05, 3.63) is 23.3 Å². The standard InChI is InChI=1S/C15H21NOSe/c1-3-5-7-12-9-14(18-11-16)10-13(15(12)17)8-6-4-2/h9-10,17H,3-8H2,1-2H3. The van der Waals surface area contributed by atoms with Gasteiger partial charge in [-0.15, -0.1) is 0 Å². The first-order chi connectivity index (χ1) is 8.72. The number of benzene rings is 1. The minimum absolute atomic E-state index is 0.129. The van der Waals surface area contributed by atoms with Gasteiger partial charge in [0.05, 0.1) is 0 Å². The van der Waals surface area contributed by atoms with Crippen LogP contribution < -0.4 is 4.46 Å². The Labute approximate surface area is 116 Å². The first kappa shape index (κ1) is 15.1. The van der Waals surface area contributed by atoms with Gasteiger partial charge in [0.2, 0.25) is 0 Å². The van der Waals surface area contributed by atoms with Crippen LogP contribution >= 0.6 is 0 Å². The molecule has 0 saturated carbocycles. The number of nitrogens with zero attached hydrogens (tertiary/aromatic N) is 1. The van der Waals surface area contributed by atoms with Gasteiger partial charge in [0.25, 0.3) is 0 Å². The summed E-state index contributed by atoms with van der Waals surface area (Å²) in [4.78, 5) is 2.25. The first-order valence-corrected chi connectivity index (χ1v) is 8.34. The Kier molecular flexibility index (Phi) is 6.86. The fourth-order valence-electron chi connectivity index (χ4n) is 1.96. The fraction of sp³-hybridized carbons (Fsp3) is 0.533. The van der Waals surface area contributed by atoms with E-state index in [0.29, 0.717) is 5.75 Å². The van der Waals surface area contributed by atoms with Crippen molar-refractivity contribution >= 4 is 19.4 Å². The Morgan fingerprint density at radius 3 is 2.00 bits per heavy atom. The van der Waals surface area contributed by atoms with Crippen molar-refractivity contribution in [2.75, 3.05) is 0 Å². The molecule has 1 aromatic rings. The second kappa shape index (κ2) is 8.19. The van der Waals surface area contributed by atoms with E-state index in [-0.39, 0.29) is 15.0 Å². The zero-order valence-corrected chi connectivity index (χ0v) is 12.9. The van der Waals surface area contributed by atoms with Crippen molar-refractivity contribution in [3.63, 3.8) is 0 Å². The molecular formula is C15H21NOSe. The van der Waals surface area contributed by atoms with Crippen molar-refractivity contribution in [2.24, 2.45) is 0 Å². The van der Waals surface area contributed by atoms with Crippen LogP contribution in [0.25, 0.3) is 0 Å². The zero-order chi connectivity index (χ0) is 13.4. The Hall–Kier alpha value is -0.971. The van der Waals surface area contributed by atoms with Crippen molar-refractivity contribution in [1.82, 2.24) is 0 Å². The number of hydrogen-bond donors (Lipinski definition) is 1. The quantitative estimate of drug-likeness (QED) is 0.787. The summed E-state index contributed by atoms with van der Waals surface area (Å²) >= 11 is -0.129. The average Bonchev–Trinajstić information content (AvgIpc) is 2.37. The summed E-state index contributed by atoms with van der Waals surface area (Å²) in [6.07, 6.45) is 6.25. The van der Waals surface area contributed by atoms with Gasteiger partial charge in [0.15, 0.2) is 0 Å². The maximum atomic E-state index is 10.3. The number of aryl methyl sites for hydroxylation is 2. The molecule has 0 aliphatic heterocycles. The van der Waals surface area contributed by atoms with Crippen molar-refractivity contribution < 1.29 is 5.11 Å². The summed E-state index contributed by atoms with van der Waals surface area (Å²) in [5.74, 6) is 0.467. The molecule has 98 valence electrons. The van der Waals surface area contributed by atoms with E-state index in [0.717, 1.165) is 54.1 Å². The molecule has 0 radical (unpaired) electrons. The molecule has 0 bridgehead atoms. The van der Waals surface area contributed by atoms with Crippen LogP contribution in [0.15, 0.2) is 12.1 Å². The van der Waals surface area contributed by atoms with E-state index in [9.17, 15) is 5.11 Å². The number of rotatable bonds is 7. The van der Waals surface area contributed by atoms with Crippen LogP contribution in [0, 0.1) is 10.2 Å². The summed E-state index contributed by atoms with van der Waals surface area (Å²) in [5.41, 5.74) is 2.05. The summed E-state index contributed by atoms with van der Waals surface area (Å²) in [6, 6.07) is 4.04. The van der Waals surface area contributed by atoms with Crippen LogP contribution in [0.4, 0.5) is 0 Å². The van der Waals surface area contributed by atoms with Gasteiger partial charge >= 0.3 is 116 Å². The van der Waals surface area contributed by atoms with Crippen molar-refractivity contribution in [3.8, 4) is 10.7 Å². The predicted octanol–water partition coefficient (Wildman–Crippen LogP) is 2.89. The molecule has 0 unspecified atom stereocenters. The third kappa shape index (κ3) is 4.37. The van der Waals surface area contributed by atoms with Crippen LogP contribution in [0.5, 0.6) is 5.75 Å². The molecule has 0 aliphatic carbocycles. The van der Waals surface area contributed by atoms with Crippen molar-refractivity contribution in [2.45, 2.75) is 52.4 Å². The third-order valence-corrected chi connectivity index (χ3v) is 4.18. The third-order valence-electron chi connectivity index (χ3n) is 3.00. The van der Waals surface area contributed by atoms with Gasteiger partial charge in [-0.05, 0) is 0 Å². The molecule has 3 heteroatoms. The molecule has 0 saturated heterocycles. The maximum absolute atomic E-state index is 10.3. The Morgan fingerprint density at radius 2 is 1.61 bits per heavy atom. The van der Waals surface area contributed by atoms with Gasteiger partial charge in [0, 0.05) is 0 Å². The second-order valence-corrected chi connectivity index (χ2v) is 6.29. The van der Waals surface area contributed by atoms with Gasteiger partial charge in [-0.3, -0.25) is 0 Å². The summed E-state index contributed by atoms with van der Waals surface area (Å²) < 4.78 is 1.10. The van der Waals surface area contributed by atoms with E-state index in [1.54, 1.807) is 0 Å². The fourth-order valence-corrected chi connectivity index (χ4v) is 3.02. The molecule has 0 atom stereocenters. The number of aromatic hydroxyl groups is 1. The van der Waals surface area contributed by atoms with Gasteiger partial charge in [-0.1, -0.05) is 0 Å². The Morgan fingerprint density at radius 1 is 1.11 bits per heavy atom. The van der Waals surface area contributed by atoms with Gasteiger partial charge < -0.3 is 0 Å². The molecule has 0 aromatic heterocycles. The van der Waals surface area contributed by atoms with Gasteiger partial charge in [0.1, 0.15) is 0 Å². The topological polar surface area (TPSA) is 44.0 Å². The molecule has 0 spiro atoms. The van der Waals surface area contributed by atoms with Crippen molar-refractivity contribution in [1.29, 1.82) is 5.26 Å². The van der Waals surface area contributed by atoms with Crippen LogP contribution in [-0.4, -0.2) is 20.1 Å². The van der Waals surface area contributed by atoms with Crippen LogP contribution in [0.2, 0.25) is 0 Å². The second-order valence-electron chi connectivity index (χ2n) is 4.49. The number of unbranched alkanes of at least 4 members (excludes halogenated alkanes) is 2. The normalized spacial score (nSPS) is 10.3. The number of hydrogen-bond acceptors (Lipinski definition) is 2.